The van der Waals surface area contributed by atoms with E-state index in [0.717, 1.165) is 37.3 Å². The lowest BCUT2D eigenvalue weighted by molar-refractivity contribution is 0.102. The van der Waals surface area contributed by atoms with E-state index >= 15 is 0 Å². The molecule has 0 radical (unpaired) electrons. The Hall–Kier alpha value is -0.970. The van der Waals surface area contributed by atoms with E-state index in [1.807, 2.05) is 13.0 Å². The molecule has 1 N–H and O–H groups in total. The Morgan fingerprint density at radius 1 is 1.24 bits per heavy atom. The number of nitrogens with zero attached hydrogens (tertiary/aromatic N) is 2. The van der Waals surface area contributed by atoms with E-state index in [1.165, 1.54) is 6.07 Å². The fraction of sp³-hybridized carbons (Fsp3) is 0.538. The summed E-state index contributed by atoms with van der Waals surface area (Å²) in [6.45, 7) is 6.91. The van der Waals surface area contributed by atoms with Gasteiger partial charge in [0.1, 0.15) is 5.82 Å². The van der Waals surface area contributed by atoms with Crippen LogP contribution >= 0.6 is 0 Å². The predicted molar refractivity (Wildman–Crippen MR) is 67.0 cm³/mol. The summed E-state index contributed by atoms with van der Waals surface area (Å²) in [6, 6.07) is 4.95. The average Bonchev–Trinajstić information content (AvgIpc) is 2.32. The van der Waals surface area contributed by atoms with E-state index in [9.17, 15) is 4.39 Å². The minimum atomic E-state index is -0.161. The maximum Gasteiger partial charge on any atom is 0.123 e. The first kappa shape index (κ1) is 12.5. The van der Waals surface area contributed by atoms with E-state index in [1.54, 1.807) is 6.07 Å². The van der Waals surface area contributed by atoms with Gasteiger partial charge in [0.2, 0.25) is 0 Å². The zero-order valence-corrected chi connectivity index (χ0v) is 10.5. The predicted octanol–water partition coefficient (Wildman–Crippen LogP) is 1.39. The molecule has 1 aromatic carbocycles. The molecule has 94 valence electrons. The average molecular weight is 237 g/mol. The van der Waals surface area contributed by atoms with Crippen LogP contribution in [-0.2, 0) is 6.54 Å². The molecule has 0 aromatic heterocycles. The van der Waals surface area contributed by atoms with E-state index in [-0.39, 0.29) is 5.82 Å². The highest BCUT2D eigenvalue weighted by atomic mass is 19.1. The van der Waals surface area contributed by atoms with Crippen molar-refractivity contribution in [3.8, 4) is 0 Å². The third-order valence-corrected chi connectivity index (χ3v) is 3.31. The van der Waals surface area contributed by atoms with Crippen LogP contribution in [0.4, 0.5) is 4.39 Å². The molecule has 0 aliphatic carbocycles. The Bertz CT molecular complexity index is 373. The van der Waals surface area contributed by atoms with Gasteiger partial charge in [0.25, 0.3) is 0 Å². The van der Waals surface area contributed by atoms with Crippen LogP contribution in [0.2, 0.25) is 0 Å². The number of piperazine rings is 1. The molecule has 0 atom stereocenters. The largest absolute Gasteiger partial charge is 0.304 e. The molecule has 17 heavy (non-hydrogen) atoms. The standard InChI is InChI=1S/C13H20FN3/c1-11-3-4-13(14)9-12(11)10-15-17-7-5-16(2)6-8-17/h3-4,9,15H,5-8,10H2,1-2H3. The molecule has 1 heterocycles. The summed E-state index contributed by atoms with van der Waals surface area (Å²) in [6.07, 6.45) is 0. The van der Waals surface area contributed by atoms with Crippen LogP contribution in [0, 0.1) is 12.7 Å². The number of rotatable bonds is 3. The summed E-state index contributed by atoms with van der Waals surface area (Å²) in [7, 11) is 2.13. The lowest BCUT2D eigenvalue weighted by Gasteiger charge is -2.32. The van der Waals surface area contributed by atoms with Crippen molar-refractivity contribution >= 4 is 0 Å². The second-order valence-electron chi connectivity index (χ2n) is 4.70. The summed E-state index contributed by atoms with van der Waals surface area (Å²) >= 11 is 0. The van der Waals surface area contributed by atoms with E-state index < -0.39 is 0 Å². The molecule has 1 aromatic rings. The van der Waals surface area contributed by atoms with Crippen molar-refractivity contribution in [1.29, 1.82) is 0 Å². The number of aryl methyl sites for hydroxylation is 1. The molecular formula is C13H20FN3. The van der Waals surface area contributed by atoms with Crippen molar-refractivity contribution in [3.05, 3.63) is 35.1 Å². The van der Waals surface area contributed by atoms with Gasteiger partial charge in [-0.3, -0.25) is 5.43 Å². The monoisotopic (exact) mass is 237 g/mol. The summed E-state index contributed by atoms with van der Waals surface area (Å²) in [5, 5.41) is 2.21. The number of benzene rings is 1. The fourth-order valence-electron chi connectivity index (χ4n) is 1.99. The normalized spacial score (nSPS) is 18.5. The summed E-state index contributed by atoms with van der Waals surface area (Å²) < 4.78 is 13.1. The first-order valence-electron chi connectivity index (χ1n) is 6.07. The topological polar surface area (TPSA) is 18.5 Å². The molecule has 4 heteroatoms. The highest BCUT2D eigenvalue weighted by molar-refractivity contribution is 5.26. The van der Waals surface area contributed by atoms with Crippen molar-refractivity contribution in [2.75, 3.05) is 33.2 Å². The molecule has 0 saturated carbocycles. The lowest BCUT2D eigenvalue weighted by atomic mass is 10.1. The van der Waals surface area contributed by atoms with Crippen LogP contribution in [0.25, 0.3) is 0 Å². The summed E-state index contributed by atoms with van der Waals surface area (Å²) in [5.41, 5.74) is 5.53. The van der Waals surface area contributed by atoms with Crippen molar-refractivity contribution in [2.45, 2.75) is 13.5 Å². The number of likely N-dealkylation sites (N-methyl/N-ethyl adjacent to an activating group) is 1. The van der Waals surface area contributed by atoms with Gasteiger partial charge in [-0.05, 0) is 37.2 Å². The SMILES string of the molecule is Cc1ccc(F)cc1CNN1CCN(C)CC1. The number of hydrazine groups is 1. The highest BCUT2D eigenvalue weighted by Crippen LogP contribution is 2.10. The minimum Gasteiger partial charge on any atom is -0.304 e. The summed E-state index contributed by atoms with van der Waals surface area (Å²) in [4.78, 5) is 2.31. The number of nitrogens with one attached hydrogen (secondary N) is 1. The molecule has 1 aliphatic rings. The Morgan fingerprint density at radius 2 is 1.94 bits per heavy atom. The van der Waals surface area contributed by atoms with Crippen LogP contribution in [0.15, 0.2) is 18.2 Å². The van der Waals surface area contributed by atoms with Gasteiger partial charge >= 0.3 is 0 Å². The van der Waals surface area contributed by atoms with Gasteiger partial charge in [-0.2, -0.15) is 0 Å². The molecule has 3 nitrogen and oxygen atoms in total. The van der Waals surface area contributed by atoms with Crippen molar-refractivity contribution in [2.24, 2.45) is 0 Å². The third kappa shape index (κ3) is 3.49. The molecule has 2 rings (SSSR count). The van der Waals surface area contributed by atoms with Gasteiger partial charge in [0, 0.05) is 32.7 Å². The molecule has 0 spiro atoms. The smallest absolute Gasteiger partial charge is 0.123 e. The molecule has 1 saturated heterocycles. The second kappa shape index (κ2) is 5.58. The van der Waals surface area contributed by atoms with Crippen LogP contribution < -0.4 is 5.43 Å². The van der Waals surface area contributed by atoms with Crippen LogP contribution in [-0.4, -0.2) is 43.1 Å². The Labute approximate surface area is 102 Å². The first-order chi connectivity index (χ1) is 8.15. The van der Waals surface area contributed by atoms with E-state index in [0.29, 0.717) is 6.54 Å². The van der Waals surface area contributed by atoms with Gasteiger partial charge in [-0.15, -0.1) is 0 Å². The first-order valence-corrected chi connectivity index (χ1v) is 6.07. The van der Waals surface area contributed by atoms with Gasteiger partial charge in [0.05, 0.1) is 0 Å². The molecular weight excluding hydrogens is 217 g/mol. The molecule has 1 aliphatic heterocycles. The highest BCUT2D eigenvalue weighted by Gasteiger charge is 2.13. The molecule has 0 amide bonds. The van der Waals surface area contributed by atoms with Gasteiger partial charge in [-0.25, -0.2) is 9.40 Å². The van der Waals surface area contributed by atoms with Crippen molar-refractivity contribution < 1.29 is 4.39 Å². The van der Waals surface area contributed by atoms with Gasteiger partial charge in [0.15, 0.2) is 0 Å². The van der Waals surface area contributed by atoms with Gasteiger partial charge < -0.3 is 4.90 Å². The number of halogens is 1. The number of hydrogen-bond acceptors (Lipinski definition) is 3. The summed E-state index contributed by atoms with van der Waals surface area (Å²) in [5.74, 6) is -0.161. The van der Waals surface area contributed by atoms with Crippen LogP contribution in [0.5, 0.6) is 0 Å². The van der Waals surface area contributed by atoms with Crippen LogP contribution in [0.3, 0.4) is 0 Å². The van der Waals surface area contributed by atoms with Gasteiger partial charge in [-0.1, -0.05) is 6.07 Å². The second-order valence-corrected chi connectivity index (χ2v) is 4.70. The minimum absolute atomic E-state index is 0.161. The molecule has 0 unspecified atom stereocenters. The zero-order chi connectivity index (χ0) is 12.3. The molecule has 1 fully saturated rings. The fourth-order valence-corrected chi connectivity index (χ4v) is 1.99. The Morgan fingerprint density at radius 3 is 2.65 bits per heavy atom. The quantitative estimate of drug-likeness (QED) is 0.857. The lowest BCUT2D eigenvalue weighted by Crippen LogP contribution is -2.50. The van der Waals surface area contributed by atoms with Crippen molar-refractivity contribution in [1.82, 2.24) is 15.3 Å². The maximum atomic E-state index is 13.1. The Kier molecular flexibility index (Phi) is 4.10. The number of hydrogen-bond donors (Lipinski definition) is 1. The maximum absolute atomic E-state index is 13.1. The molecule has 0 bridgehead atoms. The van der Waals surface area contributed by atoms with E-state index in [2.05, 4.69) is 22.4 Å². The third-order valence-electron chi connectivity index (χ3n) is 3.31. The van der Waals surface area contributed by atoms with E-state index in [4.69, 9.17) is 0 Å². The van der Waals surface area contributed by atoms with Crippen molar-refractivity contribution in [3.63, 3.8) is 0 Å². The Balaban J connectivity index is 1.87. The zero-order valence-electron chi connectivity index (χ0n) is 10.5. The van der Waals surface area contributed by atoms with Crippen LogP contribution in [0.1, 0.15) is 11.1 Å².